The van der Waals surface area contributed by atoms with E-state index in [4.69, 9.17) is 21.1 Å². The van der Waals surface area contributed by atoms with E-state index in [1.54, 1.807) is 19.1 Å². The maximum Gasteiger partial charge on any atom is 0.407 e. The molecule has 0 atom stereocenters. The number of carbonyl (C=O) groups excluding carboxylic acids is 1. The number of amides is 1. The topological polar surface area (TPSA) is 84.9 Å². The molecule has 0 aliphatic carbocycles. The maximum absolute atomic E-state index is 12.0. The molecule has 0 aliphatic heterocycles. The van der Waals surface area contributed by atoms with Crippen molar-refractivity contribution in [3.05, 3.63) is 23.2 Å². The Morgan fingerprint density at radius 2 is 2.09 bits per heavy atom. The van der Waals surface area contributed by atoms with Crippen LogP contribution in [0.4, 0.5) is 10.5 Å². The molecular weight excluding hydrogens is 332 g/mol. The van der Waals surface area contributed by atoms with Crippen LogP contribution >= 0.6 is 11.6 Å². The van der Waals surface area contributed by atoms with E-state index < -0.39 is 16.1 Å². The van der Waals surface area contributed by atoms with Crippen LogP contribution in [0.25, 0.3) is 0 Å². The second-order valence-electron chi connectivity index (χ2n) is 4.30. The van der Waals surface area contributed by atoms with Gasteiger partial charge in [0.25, 0.3) is 0 Å². The van der Waals surface area contributed by atoms with Crippen LogP contribution in [0.3, 0.4) is 0 Å². The normalized spacial score (nSPS) is 10.9. The summed E-state index contributed by atoms with van der Waals surface area (Å²) >= 11 is 5.93. The summed E-state index contributed by atoms with van der Waals surface area (Å²) in [7, 11) is -2.14. The molecule has 0 heterocycles. The Morgan fingerprint density at radius 3 is 2.64 bits per heavy atom. The van der Waals surface area contributed by atoms with Gasteiger partial charge in [-0.3, -0.25) is 4.31 Å². The molecule has 0 aliphatic rings. The molecule has 0 spiro atoms. The lowest BCUT2D eigenvalue weighted by molar-refractivity contribution is 0.152. The van der Waals surface area contributed by atoms with Crippen LogP contribution in [0.15, 0.2) is 18.2 Å². The van der Waals surface area contributed by atoms with E-state index in [1.165, 1.54) is 13.2 Å². The molecule has 0 saturated heterocycles. The predicted molar refractivity (Wildman–Crippen MR) is 85.2 cm³/mol. The van der Waals surface area contributed by atoms with Gasteiger partial charge in [-0.25, -0.2) is 13.2 Å². The molecule has 22 heavy (non-hydrogen) atoms. The summed E-state index contributed by atoms with van der Waals surface area (Å²) < 4.78 is 35.0. The highest BCUT2D eigenvalue weighted by Gasteiger charge is 2.21. The second kappa shape index (κ2) is 8.09. The third-order valence-corrected chi connectivity index (χ3v) is 4.08. The number of sulfonamides is 1. The Balaban J connectivity index is 2.96. The van der Waals surface area contributed by atoms with Gasteiger partial charge in [-0.2, -0.15) is 0 Å². The average Bonchev–Trinajstić information content (AvgIpc) is 2.42. The molecule has 7 nitrogen and oxygen atoms in total. The molecule has 0 radical (unpaired) electrons. The van der Waals surface area contributed by atoms with Crippen molar-refractivity contribution < 1.29 is 22.7 Å². The molecular formula is C13H19ClN2O5S. The van der Waals surface area contributed by atoms with Gasteiger partial charge in [0.15, 0.2) is 0 Å². The van der Waals surface area contributed by atoms with Gasteiger partial charge in [-0.1, -0.05) is 11.6 Å². The van der Waals surface area contributed by atoms with Gasteiger partial charge in [-0.05, 0) is 25.1 Å². The lowest BCUT2D eigenvalue weighted by atomic mass is 10.3. The lowest BCUT2D eigenvalue weighted by Crippen LogP contribution is -2.38. The number of benzene rings is 1. The minimum atomic E-state index is -3.57. The monoisotopic (exact) mass is 350 g/mol. The molecule has 1 aromatic carbocycles. The maximum atomic E-state index is 12.0. The fraction of sp³-hybridized carbons (Fsp3) is 0.462. The number of anilines is 1. The molecule has 0 unspecified atom stereocenters. The second-order valence-corrected chi connectivity index (χ2v) is 6.64. The van der Waals surface area contributed by atoms with Crippen LogP contribution in [0.1, 0.15) is 6.92 Å². The van der Waals surface area contributed by atoms with Crippen molar-refractivity contribution >= 4 is 33.4 Å². The number of nitrogens with zero attached hydrogens (tertiary/aromatic N) is 1. The minimum absolute atomic E-state index is 0.0222. The third-order valence-electron chi connectivity index (χ3n) is 2.67. The van der Waals surface area contributed by atoms with E-state index in [9.17, 15) is 13.2 Å². The standard InChI is InChI=1S/C13H19ClN2O5S/c1-4-21-13(17)15-7-8-16(22(3,18)19)11-9-10(14)5-6-12(11)20-2/h5-6,9H,4,7-8H2,1-3H3,(H,15,17). The SMILES string of the molecule is CCOC(=O)NCCN(c1cc(Cl)ccc1OC)S(C)(=O)=O. The van der Waals surface area contributed by atoms with E-state index in [0.29, 0.717) is 16.5 Å². The van der Waals surface area contributed by atoms with Crippen LogP contribution in [-0.4, -0.2) is 47.6 Å². The van der Waals surface area contributed by atoms with Gasteiger partial charge >= 0.3 is 6.09 Å². The molecule has 0 saturated carbocycles. The largest absolute Gasteiger partial charge is 0.495 e. The van der Waals surface area contributed by atoms with Gasteiger partial charge in [0.05, 0.1) is 32.2 Å². The number of rotatable bonds is 7. The lowest BCUT2D eigenvalue weighted by Gasteiger charge is -2.24. The number of ether oxygens (including phenoxy) is 2. The number of hydrogen-bond acceptors (Lipinski definition) is 5. The highest BCUT2D eigenvalue weighted by molar-refractivity contribution is 7.92. The van der Waals surface area contributed by atoms with Gasteiger partial charge in [0.2, 0.25) is 10.0 Å². The number of halogens is 1. The van der Waals surface area contributed by atoms with Gasteiger partial charge in [0, 0.05) is 11.6 Å². The van der Waals surface area contributed by atoms with Crippen molar-refractivity contribution in [1.82, 2.24) is 5.32 Å². The van der Waals surface area contributed by atoms with Crippen molar-refractivity contribution in [2.75, 3.05) is 37.4 Å². The predicted octanol–water partition coefficient (Wildman–Crippen LogP) is 1.86. The van der Waals surface area contributed by atoms with Gasteiger partial charge in [0.1, 0.15) is 5.75 Å². The minimum Gasteiger partial charge on any atom is -0.495 e. The van der Waals surface area contributed by atoms with Crippen molar-refractivity contribution in [2.45, 2.75) is 6.92 Å². The zero-order chi connectivity index (χ0) is 16.8. The first-order valence-electron chi connectivity index (χ1n) is 6.51. The summed E-state index contributed by atoms with van der Waals surface area (Å²) in [6.45, 7) is 2.03. The highest BCUT2D eigenvalue weighted by Crippen LogP contribution is 2.32. The summed E-state index contributed by atoms with van der Waals surface area (Å²) in [6, 6.07) is 4.67. The Bertz CT molecular complexity index is 621. The van der Waals surface area contributed by atoms with Crippen LogP contribution < -0.4 is 14.4 Å². The fourth-order valence-electron chi connectivity index (χ4n) is 1.76. The molecule has 1 amide bonds. The van der Waals surface area contributed by atoms with Crippen molar-refractivity contribution in [1.29, 1.82) is 0 Å². The quantitative estimate of drug-likeness (QED) is 0.811. The van der Waals surface area contributed by atoms with Crippen LogP contribution in [0.2, 0.25) is 5.02 Å². The molecule has 124 valence electrons. The molecule has 0 aromatic heterocycles. The molecule has 0 bridgehead atoms. The summed E-state index contributed by atoms with van der Waals surface area (Å²) in [6.07, 6.45) is 0.464. The number of hydrogen-bond donors (Lipinski definition) is 1. The summed E-state index contributed by atoms with van der Waals surface area (Å²) in [5, 5.41) is 2.84. The number of alkyl carbamates (subject to hydrolysis) is 1. The Morgan fingerprint density at radius 1 is 1.41 bits per heavy atom. The first-order chi connectivity index (χ1) is 10.3. The smallest absolute Gasteiger partial charge is 0.407 e. The molecule has 1 aromatic rings. The molecule has 0 fully saturated rings. The van der Waals surface area contributed by atoms with Gasteiger partial charge < -0.3 is 14.8 Å². The number of nitrogens with one attached hydrogen (secondary N) is 1. The molecule has 1 N–H and O–H groups in total. The molecule has 1 rings (SSSR count). The summed E-state index contributed by atoms with van der Waals surface area (Å²) in [5.74, 6) is 0.367. The average molecular weight is 351 g/mol. The first kappa shape index (κ1) is 18.4. The van der Waals surface area contributed by atoms with Crippen LogP contribution in [0.5, 0.6) is 5.75 Å². The Kier molecular flexibility index (Phi) is 6.76. The summed E-state index contributed by atoms with van der Waals surface area (Å²) in [4.78, 5) is 11.2. The van der Waals surface area contributed by atoms with E-state index in [0.717, 1.165) is 10.6 Å². The van der Waals surface area contributed by atoms with Crippen LogP contribution in [-0.2, 0) is 14.8 Å². The number of carbonyl (C=O) groups is 1. The van der Waals surface area contributed by atoms with Gasteiger partial charge in [-0.15, -0.1) is 0 Å². The van der Waals surface area contributed by atoms with Crippen LogP contribution in [0, 0.1) is 0 Å². The zero-order valence-corrected chi connectivity index (χ0v) is 14.2. The fourth-order valence-corrected chi connectivity index (χ4v) is 2.85. The van der Waals surface area contributed by atoms with Crippen molar-refractivity contribution in [2.24, 2.45) is 0 Å². The zero-order valence-electron chi connectivity index (χ0n) is 12.6. The van der Waals surface area contributed by atoms with E-state index in [2.05, 4.69) is 5.32 Å². The van der Waals surface area contributed by atoms with Crippen molar-refractivity contribution in [3.63, 3.8) is 0 Å². The summed E-state index contributed by atoms with van der Waals surface area (Å²) in [5.41, 5.74) is 0.308. The van der Waals surface area contributed by atoms with E-state index in [-0.39, 0.29) is 19.7 Å². The third kappa shape index (κ3) is 5.27. The Labute approximate surface area is 135 Å². The highest BCUT2D eigenvalue weighted by atomic mass is 35.5. The van der Waals surface area contributed by atoms with Crippen molar-refractivity contribution in [3.8, 4) is 5.75 Å². The van der Waals surface area contributed by atoms with E-state index in [1.807, 2.05) is 0 Å². The molecule has 9 heteroatoms. The Hall–Kier alpha value is -1.67. The first-order valence-corrected chi connectivity index (χ1v) is 8.74. The number of methoxy groups -OCH3 is 1. The van der Waals surface area contributed by atoms with E-state index >= 15 is 0 Å².